The van der Waals surface area contributed by atoms with Crippen molar-refractivity contribution >= 4 is 0 Å². The highest BCUT2D eigenvalue weighted by Gasteiger charge is 2.04. The summed E-state index contributed by atoms with van der Waals surface area (Å²) < 4.78 is 5.56. The summed E-state index contributed by atoms with van der Waals surface area (Å²) in [5.74, 6) is 1.53. The van der Waals surface area contributed by atoms with Gasteiger partial charge in [0.05, 0.1) is 6.61 Å². The van der Waals surface area contributed by atoms with Gasteiger partial charge in [0.2, 0.25) is 0 Å². The van der Waals surface area contributed by atoms with Crippen LogP contribution in [0.15, 0.2) is 24.3 Å². The van der Waals surface area contributed by atoms with E-state index in [4.69, 9.17) is 4.74 Å². The average molecular weight is 221 g/mol. The average Bonchev–Trinajstić information content (AvgIpc) is 2.34. The van der Waals surface area contributed by atoms with Crippen molar-refractivity contribution in [3.05, 3.63) is 29.8 Å². The third-order valence-electron chi connectivity index (χ3n) is 2.62. The lowest BCUT2D eigenvalue weighted by atomic mass is 10.0. The third-order valence-corrected chi connectivity index (χ3v) is 2.62. The van der Waals surface area contributed by atoms with Gasteiger partial charge in [0.15, 0.2) is 0 Å². The number of likely N-dealkylation sites (N-methyl/N-ethyl adjacent to an activating group) is 1. The summed E-state index contributed by atoms with van der Waals surface area (Å²) in [5.41, 5.74) is 1.37. The quantitative estimate of drug-likeness (QED) is 0.763. The van der Waals surface area contributed by atoms with Crippen LogP contribution in [0.5, 0.6) is 5.75 Å². The Bertz CT molecular complexity index is 281. The summed E-state index contributed by atoms with van der Waals surface area (Å²) in [6.07, 6.45) is 1.05. The van der Waals surface area contributed by atoms with Gasteiger partial charge in [0.25, 0.3) is 0 Å². The van der Waals surface area contributed by atoms with Gasteiger partial charge in [-0.3, -0.25) is 0 Å². The second kappa shape index (κ2) is 7.29. The molecule has 0 aliphatic rings. The highest BCUT2D eigenvalue weighted by atomic mass is 16.5. The van der Waals surface area contributed by atoms with E-state index in [2.05, 4.69) is 50.4 Å². The number of nitrogens with one attached hydrogen (secondary N) is 1. The zero-order chi connectivity index (χ0) is 11.8. The highest BCUT2D eigenvalue weighted by Crippen LogP contribution is 2.18. The van der Waals surface area contributed by atoms with Crippen molar-refractivity contribution in [2.24, 2.45) is 0 Å². The zero-order valence-corrected chi connectivity index (χ0v) is 10.6. The normalized spacial score (nSPS) is 12.4. The van der Waals surface area contributed by atoms with Crippen LogP contribution in [0.3, 0.4) is 0 Å². The van der Waals surface area contributed by atoms with Crippen molar-refractivity contribution in [3.63, 3.8) is 0 Å². The van der Waals surface area contributed by atoms with E-state index < -0.39 is 0 Å². The van der Waals surface area contributed by atoms with E-state index in [1.54, 1.807) is 0 Å². The first-order chi connectivity index (χ1) is 7.77. The fraction of sp³-hybridized carbons (Fsp3) is 0.571. The number of ether oxygens (including phenoxy) is 1. The molecule has 0 heterocycles. The van der Waals surface area contributed by atoms with E-state index >= 15 is 0 Å². The Morgan fingerprint density at radius 2 is 1.88 bits per heavy atom. The van der Waals surface area contributed by atoms with Crippen molar-refractivity contribution in [2.45, 2.75) is 33.1 Å². The topological polar surface area (TPSA) is 21.3 Å². The molecule has 0 saturated carbocycles. The number of benzene rings is 1. The first-order valence-corrected chi connectivity index (χ1v) is 6.21. The van der Waals surface area contributed by atoms with E-state index in [-0.39, 0.29) is 0 Å². The molecular formula is C14H23NO. The summed E-state index contributed by atoms with van der Waals surface area (Å²) in [7, 11) is 0. The molecule has 0 bridgehead atoms. The molecule has 1 aromatic carbocycles. The van der Waals surface area contributed by atoms with E-state index in [0.717, 1.165) is 31.9 Å². The van der Waals surface area contributed by atoms with Crippen molar-refractivity contribution in [1.82, 2.24) is 5.32 Å². The van der Waals surface area contributed by atoms with Gasteiger partial charge < -0.3 is 10.1 Å². The number of hydrogen-bond acceptors (Lipinski definition) is 2. The van der Waals surface area contributed by atoms with Crippen LogP contribution in [0.25, 0.3) is 0 Å². The maximum atomic E-state index is 5.56. The zero-order valence-electron chi connectivity index (χ0n) is 10.6. The molecule has 90 valence electrons. The van der Waals surface area contributed by atoms with Crippen LogP contribution >= 0.6 is 0 Å². The molecular weight excluding hydrogens is 198 g/mol. The minimum absolute atomic E-state index is 0.556. The van der Waals surface area contributed by atoms with Crippen LogP contribution in [0, 0.1) is 0 Å². The molecule has 0 aromatic heterocycles. The van der Waals surface area contributed by atoms with Crippen LogP contribution in [0.4, 0.5) is 0 Å². The first kappa shape index (κ1) is 13.0. The smallest absolute Gasteiger partial charge is 0.119 e. The molecule has 1 aromatic rings. The van der Waals surface area contributed by atoms with Gasteiger partial charge in [-0.1, -0.05) is 32.9 Å². The fourth-order valence-electron chi connectivity index (χ4n) is 1.59. The van der Waals surface area contributed by atoms with Gasteiger partial charge in [-0.2, -0.15) is 0 Å². The number of rotatable bonds is 7. The van der Waals surface area contributed by atoms with Gasteiger partial charge in [-0.15, -0.1) is 0 Å². The van der Waals surface area contributed by atoms with Crippen molar-refractivity contribution in [3.8, 4) is 5.75 Å². The van der Waals surface area contributed by atoms with E-state index in [0.29, 0.717) is 5.92 Å². The third kappa shape index (κ3) is 4.23. The Labute approximate surface area is 99.0 Å². The van der Waals surface area contributed by atoms with Crippen LogP contribution in [0.1, 0.15) is 38.7 Å². The summed E-state index contributed by atoms with van der Waals surface area (Å²) in [5, 5.41) is 3.36. The van der Waals surface area contributed by atoms with Crippen LogP contribution in [0.2, 0.25) is 0 Å². The van der Waals surface area contributed by atoms with Gasteiger partial charge in [0.1, 0.15) is 5.75 Å². The van der Waals surface area contributed by atoms with Gasteiger partial charge in [-0.05, 0) is 36.6 Å². The summed E-state index contributed by atoms with van der Waals surface area (Å²) in [6, 6.07) is 8.45. The minimum Gasteiger partial charge on any atom is -0.494 e. The summed E-state index contributed by atoms with van der Waals surface area (Å²) in [6.45, 7) is 9.35. The van der Waals surface area contributed by atoms with E-state index in [1.807, 2.05) is 0 Å². The van der Waals surface area contributed by atoms with Crippen LogP contribution < -0.4 is 10.1 Å². The first-order valence-electron chi connectivity index (χ1n) is 6.21. The molecule has 0 aliphatic carbocycles. The standard InChI is InChI=1S/C14H23NO/c1-4-10-16-14-8-6-13(7-9-14)12(3)11-15-5-2/h6-9,12,15H,4-5,10-11H2,1-3H3. The predicted octanol–water partition coefficient (Wildman–Crippen LogP) is 3.19. The summed E-state index contributed by atoms with van der Waals surface area (Å²) >= 11 is 0. The predicted molar refractivity (Wildman–Crippen MR) is 69.2 cm³/mol. The van der Waals surface area contributed by atoms with Crippen molar-refractivity contribution < 1.29 is 4.74 Å². The lowest BCUT2D eigenvalue weighted by Crippen LogP contribution is -2.19. The van der Waals surface area contributed by atoms with Gasteiger partial charge >= 0.3 is 0 Å². The molecule has 2 nitrogen and oxygen atoms in total. The fourth-order valence-corrected chi connectivity index (χ4v) is 1.59. The Morgan fingerprint density at radius 1 is 1.19 bits per heavy atom. The van der Waals surface area contributed by atoms with Crippen LogP contribution in [-0.4, -0.2) is 19.7 Å². The molecule has 0 spiro atoms. The monoisotopic (exact) mass is 221 g/mol. The maximum Gasteiger partial charge on any atom is 0.119 e. The Kier molecular flexibility index (Phi) is 5.94. The molecule has 1 N–H and O–H groups in total. The molecule has 0 saturated heterocycles. The number of hydrogen-bond donors (Lipinski definition) is 1. The Balaban J connectivity index is 2.49. The molecule has 2 heteroatoms. The van der Waals surface area contributed by atoms with E-state index in [9.17, 15) is 0 Å². The van der Waals surface area contributed by atoms with E-state index in [1.165, 1.54) is 5.56 Å². The molecule has 1 atom stereocenters. The second-order valence-corrected chi connectivity index (χ2v) is 4.13. The molecule has 0 amide bonds. The molecule has 16 heavy (non-hydrogen) atoms. The molecule has 0 aliphatic heterocycles. The van der Waals surface area contributed by atoms with Gasteiger partial charge in [0, 0.05) is 6.54 Å². The summed E-state index contributed by atoms with van der Waals surface area (Å²) in [4.78, 5) is 0. The maximum absolute atomic E-state index is 5.56. The molecule has 1 unspecified atom stereocenters. The highest BCUT2D eigenvalue weighted by molar-refractivity contribution is 5.29. The van der Waals surface area contributed by atoms with Crippen LogP contribution in [-0.2, 0) is 0 Å². The van der Waals surface area contributed by atoms with Crippen molar-refractivity contribution in [1.29, 1.82) is 0 Å². The lowest BCUT2D eigenvalue weighted by molar-refractivity contribution is 0.317. The Morgan fingerprint density at radius 3 is 2.44 bits per heavy atom. The SMILES string of the molecule is CCCOc1ccc(C(C)CNCC)cc1. The second-order valence-electron chi connectivity index (χ2n) is 4.13. The Hall–Kier alpha value is -1.02. The molecule has 1 rings (SSSR count). The molecule has 0 radical (unpaired) electrons. The minimum atomic E-state index is 0.556. The lowest BCUT2D eigenvalue weighted by Gasteiger charge is -2.13. The van der Waals surface area contributed by atoms with Gasteiger partial charge in [-0.25, -0.2) is 0 Å². The molecule has 0 fully saturated rings. The largest absolute Gasteiger partial charge is 0.494 e. The van der Waals surface area contributed by atoms with Crippen molar-refractivity contribution in [2.75, 3.05) is 19.7 Å².